The van der Waals surface area contributed by atoms with Gasteiger partial charge in [0.15, 0.2) is 5.96 Å². The number of sulfonamides is 1. The third kappa shape index (κ3) is 8.52. The second-order valence-corrected chi connectivity index (χ2v) is 7.21. The van der Waals surface area contributed by atoms with E-state index < -0.39 is 10.0 Å². The zero-order chi connectivity index (χ0) is 16.6. The van der Waals surface area contributed by atoms with Crippen LogP contribution in [0.4, 0.5) is 0 Å². The molecule has 0 amide bonds. The van der Waals surface area contributed by atoms with E-state index in [4.69, 9.17) is 0 Å². The molecule has 0 heterocycles. The van der Waals surface area contributed by atoms with Gasteiger partial charge in [-0.05, 0) is 19.4 Å². The zero-order valence-electron chi connectivity index (χ0n) is 14.2. The Morgan fingerprint density at radius 1 is 1.22 bits per heavy atom. The van der Waals surface area contributed by atoms with Crippen LogP contribution in [-0.4, -0.2) is 52.2 Å². The van der Waals surface area contributed by atoms with Gasteiger partial charge in [0.25, 0.3) is 0 Å². The molecule has 1 rings (SSSR count). The number of hydrogen-bond donors (Lipinski definition) is 2. The van der Waals surface area contributed by atoms with Crippen LogP contribution < -0.4 is 10.0 Å². The molecule has 0 aliphatic carbocycles. The number of hydrogen-bond acceptors (Lipinski definition) is 3. The van der Waals surface area contributed by atoms with Crippen LogP contribution in [-0.2, 0) is 16.6 Å². The molecule has 0 aliphatic heterocycles. The van der Waals surface area contributed by atoms with Crippen molar-refractivity contribution in [2.45, 2.75) is 20.4 Å². The highest BCUT2D eigenvalue weighted by Gasteiger charge is 2.08. The summed E-state index contributed by atoms with van der Waals surface area (Å²) < 4.78 is 25.2. The van der Waals surface area contributed by atoms with E-state index in [0.29, 0.717) is 13.1 Å². The summed E-state index contributed by atoms with van der Waals surface area (Å²) in [6.45, 7) is 5.24. The first-order valence-electron chi connectivity index (χ1n) is 7.32. The van der Waals surface area contributed by atoms with Crippen LogP contribution in [0.1, 0.15) is 18.1 Å². The number of aliphatic imine (C=N–C) groups is 1. The minimum Gasteiger partial charge on any atom is -0.355 e. The van der Waals surface area contributed by atoms with Gasteiger partial charge in [-0.3, -0.25) is 4.99 Å². The van der Waals surface area contributed by atoms with Crippen molar-refractivity contribution in [2.24, 2.45) is 4.99 Å². The molecule has 0 bridgehead atoms. The van der Waals surface area contributed by atoms with Crippen molar-refractivity contribution in [1.29, 1.82) is 0 Å². The number of benzene rings is 1. The summed E-state index contributed by atoms with van der Waals surface area (Å²) in [5, 5.41) is 3.15. The molecule has 8 heteroatoms. The maximum Gasteiger partial charge on any atom is 0.211 e. The second kappa shape index (κ2) is 10.8. The van der Waals surface area contributed by atoms with E-state index in [2.05, 4.69) is 46.2 Å². The van der Waals surface area contributed by atoms with Gasteiger partial charge >= 0.3 is 0 Å². The zero-order valence-corrected chi connectivity index (χ0v) is 17.3. The Balaban J connectivity index is 0.00000484. The highest BCUT2D eigenvalue weighted by Crippen LogP contribution is 2.05. The van der Waals surface area contributed by atoms with Crippen LogP contribution in [0.2, 0.25) is 0 Å². The third-order valence-corrected chi connectivity index (χ3v) is 4.63. The molecule has 0 saturated heterocycles. The van der Waals surface area contributed by atoms with Crippen LogP contribution in [0.5, 0.6) is 0 Å². The Morgan fingerprint density at radius 3 is 2.35 bits per heavy atom. The van der Waals surface area contributed by atoms with E-state index in [-0.39, 0.29) is 29.7 Å². The fourth-order valence-corrected chi connectivity index (χ4v) is 2.53. The SMILES string of the molecule is CCS(=O)(=O)NCCNC(=NC)N(C)Cc1ccc(C)cc1.I. The summed E-state index contributed by atoms with van der Waals surface area (Å²) in [6, 6.07) is 8.35. The van der Waals surface area contributed by atoms with Crippen molar-refractivity contribution in [1.82, 2.24) is 14.9 Å². The summed E-state index contributed by atoms with van der Waals surface area (Å²) in [5.74, 6) is 0.825. The predicted molar refractivity (Wildman–Crippen MR) is 107 cm³/mol. The van der Waals surface area contributed by atoms with Gasteiger partial charge in [-0.25, -0.2) is 13.1 Å². The molecule has 1 aromatic rings. The highest BCUT2D eigenvalue weighted by molar-refractivity contribution is 14.0. The van der Waals surface area contributed by atoms with Gasteiger partial charge in [-0.15, -0.1) is 24.0 Å². The van der Waals surface area contributed by atoms with Crippen LogP contribution in [0.15, 0.2) is 29.3 Å². The Morgan fingerprint density at radius 2 is 1.83 bits per heavy atom. The number of rotatable bonds is 7. The first kappa shape index (κ1) is 22.1. The molecule has 0 saturated carbocycles. The van der Waals surface area contributed by atoms with E-state index >= 15 is 0 Å². The molecule has 132 valence electrons. The lowest BCUT2D eigenvalue weighted by atomic mass is 10.1. The van der Waals surface area contributed by atoms with Crippen molar-refractivity contribution >= 4 is 40.0 Å². The number of guanidine groups is 1. The lowest BCUT2D eigenvalue weighted by Crippen LogP contribution is -2.42. The summed E-state index contributed by atoms with van der Waals surface area (Å²) >= 11 is 0. The van der Waals surface area contributed by atoms with Gasteiger partial charge in [0, 0.05) is 33.7 Å². The molecule has 0 radical (unpaired) electrons. The molecule has 0 spiro atoms. The number of nitrogens with zero attached hydrogens (tertiary/aromatic N) is 2. The third-order valence-electron chi connectivity index (χ3n) is 3.22. The van der Waals surface area contributed by atoms with Crippen molar-refractivity contribution < 1.29 is 8.42 Å². The van der Waals surface area contributed by atoms with E-state index in [1.54, 1.807) is 14.0 Å². The molecular weight excluding hydrogens is 427 g/mol. The average Bonchev–Trinajstić information content (AvgIpc) is 2.49. The molecule has 0 aromatic heterocycles. The van der Waals surface area contributed by atoms with Crippen LogP contribution in [0.25, 0.3) is 0 Å². The highest BCUT2D eigenvalue weighted by atomic mass is 127. The summed E-state index contributed by atoms with van der Waals surface area (Å²) in [4.78, 5) is 6.21. The first-order valence-corrected chi connectivity index (χ1v) is 8.98. The van der Waals surface area contributed by atoms with Gasteiger partial charge in [-0.2, -0.15) is 0 Å². The lowest BCUT2D eigenvalue weighted by Gasteiger charge is -2.22. The molecule has 1 aromatic carbocycles. The number of nitrogens with one attached hydrogen (secondary N) is 2. The Kier molecular flexibility index (Phi) is 10.4. The van der Waals surface area contributed by atoms with Crippen LogP contribution in [0, 0.1) is 6.92 Å². The summed E-state index contributed by atoms with van der Waals surface area (Å²) in [7, 11) is 0.522. The number of halogens is 1. The predicted octanol–water partition coefficient (Wildman–Crippen LogP) is 1.56. The molecule has 0 fully saturated rings. The van der Waals surface area contributed by atoms with E-state index in [1.165, 1.54) is 11.1 Å². The molecule has 0 aliphatic rings. The van der Waals surface area contributed by atoms with E-state index in [1.807, 2.05) is 11.9 Å². The molecule has 0 atom stereocenters. The topological polar surface area (TPSA) is 73.8 Å². The standard InChI is InChI=1S/C15H26N4O2S.HI/c1-5-22(20,21)18-11-10-17-15(16-3)19(4)12-14-8-6-13(2)7-9-14;/h6-9,18H,5,10-12H2,1-4H3,(H,16,17);1H. The summed E-state index contributed by atoms with van der Waals surface area (Å²) in [5.41, 5.74) is 2.43. The normalized spacial score (nSPS) is 11.7. The van der Waals surface area contributed by atoms with Gasteiger partial charge in [0.1, 0.15) is 0 Å². The molecular formula is C15H27IN4O2S. The van der Waals surface area contributed by atoms with Gasteiger partial charge in [-0.1, -0.05) is 29.8 Å². The van der Waals surface area contributed by atoms with Crippen molar-refractivity contribution in [3.05, 3.63) is 35.4 Å². The molecule has 23 heavy (non-hydrogen) atoms. The van der Waals surface area contributed by atoms with Gasteiger partial charge in [0.05, 0.1) is 5.75 Å². The summed E-state index contributed by atoms with van der Waals surface area (Å²) in [6.07, 6.45) is 0. The second-order valence-electron chi connectivity index (χ2n) is 5.11. The van der Waals surface area contributed by atoms with Crippen molar-refractivity contribution in [3.63, 3.8) is 0 Å². The maximum absolute atomic E-state index is 11.3. The molecule has 2 N–H and O–H groups in total. The van der Waals surface area contributed by atoms with E-state index in [9.17, 15) is 8.42 Å². The van der Waals surface area contributed by atoms with Gasteiger partial charge in [0.2, 0.25) is 10.0 Å². The Labute approximate surface area is 156 Å². The molecule has 0 unspecified atom stereocenters. The fraction of sp³-hybridized carbons (Fsp3) is 0.533. The smallest absolute Gasteiger partial charge is 0.211 e. The maximum atomic E-state index is 11.3. The van der Waals surface area contributed by atoms with Crippen molar-refractivity contribution in [2.75, 3.05) is 32.9 Å². The minimum absolute atomic E-state index is 0. The average molecular weight is 454 g/mol. The van der Waals surface area contributed by atoms with Gasteiger partial charge < -0.3 is 10.2 Å². The number of aryl methyl sites for hydroxylation is 1. The quantitative estimate of drug-likeness (QED) is 0.284. The van der Waals surface area contributed by atoms with Crippen molar-refractivity contribution in [3.8, 4) is 0 Å². The first-order chi connectivity index (χ1) is 10.4. The van der Waals surface area contributed by atoms with Crippen LogP contribution >= 0.6 is 24.0 Å². The Bertz CT molecular complexity index is 588. The lowest BCUT2D eigenvalue weighted by molar-refractivity contribution is 0.477. The Hall–Kier alpha value is -0.870. The monoisotopic (exact) mass is 454 g/mol. The molecule has 6 nitrogen and oxygen atoms in total. The van der Waals surface area contributed by atoms with E-state index in [0.717, 1.165) is 12.5 Å². The largest absolute Gasteiger partial charge is 0.355 e. The minimum atomic E-state index is -3.14. The fourth-order valence-electron chi connectivity index (χ4n) is 1.91. The van der Waals surface area contributed by atoms with Crippen LogP contribution in [0.3, 0.4) is 0 Å².